The van der Waals surface area contributed by atoms with E-state index in [4.69, 9.17) is 5.26 Å². The minimum atomic E-state index is -0.264. The van der Waals surface area contributed by atoms with Crippen molar-refractivity contribution in [2.45, 2.75) is 31.8 Å². The number of nitrogens with zero attached hydrogens (tertiary/aromatic N) is 1. The predicted molar refractivity (Wildman–Crippen MR) is 69.6 cm³/mol. The second-order valence-corrected chi connectivity index (χ2v) is 6.31. The van der Waals surface area contributed by atoms with Gasteiger partial charge in [-0.05, 0) is 55.1 Å². The van der Waals surface area contributed by atoms with Gasteiger partial charge in [-0.2, -0.15) is 5.26 Å². The Kier molecular flexibility index (Phi) is 2.43. The monoisotopic (exact) mass is 256 g/mol. The van der Waals surface area contributed by atoms with Crippen LogP contribution in [0.4, 0.5) is 4.39 Å². The molecule has 1 aromatic carbocycles. The summed E-state index contributed by atoms with van der Waals surface area (Å²) in [5.74, 6) is 3.37. The highest BCUT2D eigenvalue weighted by molar-refractivity contribution is 5.33. The van der Waals surface area contributed by atoms with E-state index >= 15 is 0 Å². The average molecular weight is 256 g/mol. The van der Waals surface area contributed by atoms with Gasteiger partial charge in [0, 0.05) is 18.2 Å². The molecule has 19 heavy (non-hydrogen) atoms. The predicted octanol–water partition coefficient (Wildman–Crippen LogP) is 2.83. The maximum atomic E-state index is 13.8. The first-order valence-electron chi connectivity index (χ1n) is 7.20. The number of hydrogen-bond acceptors (Lipinski definition) is 2. The van der Waals surface area contributed by atoms with Crippen molar-refractivity contribution in [3.8, 4) is 6.07 Å². The maximum absolute atomic E-state index is 13.8. The Morgan fingerprint density at radius 2 is 2.00 bits per heavy atom. The van der Waals surface area contributed by atoms with Gasteiger partial charge < -0.3 is 5.32 Å². The highest BCUT2D eigenvalue weighted by Gasteiger charge is 2.64. The van der Waals surface area contributed by atoms with E-state index in [1.54, 1.807) is 12.1 Å². The normalized spacial score (nSPS) is 38.0. The fraction of sp³-hybridized carbons (Fsp3) is 0.562. The number of fused-ring (bicyclic) bond motifs is 5. The Morgan fingerprint density at radius 3 is 2.63 bits per heavy atom. The van der Waals surface area contributed by atoms with Crippen molar-refractivity contribution in [1.29, 1.82) is 5.26 Å². The first kappa shape index (κ1) is 11.4. The summed E-state index contributed by atoms with van der Waals surface area (Å²) in [5, 5.41) is 12.3. The van der Waals surface area contributed by atoms with Gasteiger partial charge in [-0.3, -0.25) is 0 Å². The fourth-order valence-corrected chi connectivity index (χ4v) is 4.59. The SMILES string of the molecule is N#Cc1ccc(CNC2C3C4CCC(C4)C23)c(F)c1. The molecule has 4 atom stereocenters. The summed E-state index contributed by atoms with van der Waals surface area (Å²) in [5.41, 5.74) is 1.07. The van der Waals surface area contributed by atoms with Gasteiger partial charge in [-0.1, -0.05) is 6.07 Å². The summed E-state index contributed by atoms with van der Waals surface area (Å²) < 4.78 is 13.8. The topological polar surface area (TPSA) is 35.8 Å². The largest absolute Gasteiger partial charge is 0.309 e. The molecule has 4 unspecified atom stereocenters. The molecule has 3 aliphatic rings. The van der Waals surface area contributed by atoms with Crippen LogP contribution in [0.5, 0.6) is 0 Å². The van der Waals surface area contributed by atoms with Gasteiger partial charge in [0.1, 0.15) is 5.82 Å². The summed E-state index contributed by atoms with van der Waals surface area (Å²) in [6, 6.07) is 7.34. The first-order valence-corrected chi connectivity index (χ1v) is 7.20. The standard InChI is InChI=1S/C16H17FN2/c17-13-5-9(7-18)1-2-12(13)8-19-16-14-10-3-4-11(6-10)15(14)16/h1-2,5,10-11,14-16,19H,3-4,6,8H2. The van der Waals surface area contributed by atoms with Crippen molar-refractivity contribution in [2.75, 3.05) is 0 Å². The second-order valence-electron chi connectivity index (χ2n) is 6.31. The molecule has 3 aliphatic carbocycles. The second kappa shape index (κ2) is 4.05. The number of rotatable bonds is 3. The zero-order valence-electron chi connectivity index (χ0n) is 10.8. The van der Waals surface area contributed by atoms with Gasteiger partial charge in [0.15, 0.2) is 0 Å². The number of nitriles is 1. The van der Waals surface area contributed by atoms with Crippen LogP contribution in [0, 0.1) is 40.8 Å². The summed E-state index contributed by atoms with van der Waals surface area (Å²) in [4.78, 5) is 0. The lowest BCUT2D eigenvalue weighted by atomic mass is 10.0. The van der Waals surface area contributed by atoms with Crippen LogP contribution in [0.15, 0.2) is 18.2 Å². The molecule has 98 valence electrons. The Bertz CT molecular complexity index is 546. The Hall–Kier alpha value is -1.40. The van der Waals surface area contributed by atoms with E-state index in [0.717, 1.165) is 23.7 Å². The van der Waals surface area contributed by atoms with E-state index in [2.05, 4.69) is 5.32 Å². The molecule has 1 aromatic rings. The van der Waals surface area contributed by atoms with Crippen molar-refractivity contribution in [1.82, 2.24) is 5.32 Å². The average Bonchev–Trinajstić information content (AvgIpc) is 2.81. The third-order valence-corrected chi connectivity index (χ3v) is 5.45. The van der Waals surface area contributed by atoms with Crippen molar-refractivity contribution < 1.29 is 4.39 Å². The van der Waals surface area contributed by atoms with Crippen LogP contribution in [0.3, 0.4) is 0 Å². The first-order chi connectivity index (χ1) is 9.28. The molecule has 0 saturated heterocycles. The third kappa shape index (κ3) is 1.70. The lowest BCUT2D eigenvalue weighted by molar-refractivity contribution is 0.456. The summed E-state index contributed by atoms with van der Waals surface area (Å²) in [6.45, 7) is 0.592. The molecule has 2 bridgehead atoms. The van der Waals surface area contributed by atoms with E-state index < -0.39 is 0 Å². The smallest absolute Gasteiger partial charge is 0.129 e. The van der Waals surface area contributed by atoms with Crippen LogP contribution in [-0.2, 0) is 6.54 Å². The lowest BCUT2D eigenvalue weighted by Gasteiger charge is -2.11. The van der Waals surface area contributed by atoms with Crippen molar-refractivity contribution in [2.24, 2.45) is 23.7 Å². The zero-order chi connectivity index (χ0) is 13.0. The molecular formula is C16H17FN2. The van der Waals surface area contributed by atoms with Crippen LogP contribution in [-0.4, -0.2) is 6.04 Å². The molecular weight excluding hydrogens is 239 g/mol. The molecule has 0 amide bonds. The zero-order valence-corrected chi connectivity index (χ0v) is 10.8. The van der Waals surface area contributed by atoms with Crippen LogP contribution in [0.25, 0.3) is 0 Å². The van der Waals surface area contributed by atoms with Gasteiger partial charge >= 0.3 is 0 Å². The van der Waals surface area contributed by atoms with Crippen LogP contribution in [0.1, 0.15) is 30.4 Å². The number of nitrogens with one attached hydrogen (secondary N) is 1. The molecule has 0 spiro atoms. The molecule has 3 saturated carbocycles. The van der Waals surface area contributed by atoms with Crippen molar-refractivity contribution in [3.05, 3.63) is 35.1 Å². The van der Waals surface area contributed by atoms with Gasteiger partial charge in [0.05, 0.1) is 11.6 Å². The molecule has 1 N–H and O–H groups in total. The highest BCUT2D eigenvalue weighted by atomic mass is 19.1. The molecule has 3 fully saturated rings. The molecule has 2 nitrogen and oxygen atoms in total. The summed E-state index contributed by atoms with van der Waals surface area (Å²) in [6.07, 6.45) is 4.27. The van der Waals surface area contributed by atoms with E-state index in [0.29, 0.717) is 23.7 Å². The fourth-order valence-electron chi connectivity index (χ4n) is 4.59. The van der Waals surface area contributed by atoms with Gasteiger partial charge in [-0.25, -0.2) is 4.39 Å². The lowest BCUT2D eigenvalue weighted by Crippen LogP contribution is -2.23. The Labute approximate surface area is 112 Å². The number of benzene rings is 1. The van der Waals surface area contributed by atoms with Crippen LogP contribution in [0.2, 0.25) is 0 Å². The third-order valence-electron chi connectivity index (χ3n) is 5.45. The summed E-state index contributed by atoms with van der Waals surface area (Å²) >= 11 is 0. The number of hydrogen-bond donors (Lipinski definition) is 1. The minimum absolute atomic E-state index is 0.264. The van der Waals surface area contributed by atoms with Gasteiger partial charge in [-0.15, -0.1) is 0 Å². The molecule has 0 radical (unpaired) electrons. The quantitative estimate of drug-likeness (QED) is 0.902. The summed E-state index contributed by atoms with van der Waals surface area (Å²) in [7, 11) is 0. The molecule has 3 heteroatoms. The van der Waals surface area contributed by atoms with Gasteiger partial charge in [0.25, 0.3) is 0 Å². The Morgan fingerprint density at radius 1 is 1.26 bits per heavy atom. The maximum Gasteiger partial charge on any atom is 0.129 e. The molecule has 0 heterocycles. The van der Waals surface area contributed by atoms with Crippen molar-refractivity contribution >= 4 is 0 Å². The Balaban J connectivity index is 1.40. The van der Waals surface area contributed by atoms with E-state index in [9.17, 15) is 4.39 Å². The molecule has 0 aliphatic heterocycles. The van der Waals surface area contributed by atoms with Gasteiger partial charge in [0.2, 0.25) is 0 Å². The van der Waals surface area contributed by atoms with Crippen LogP contribution >= 0.6 is 0 Å². The highest BCUT2D eigenvalue weighted by Crippen LogP contribution is 2.65. The van der Waals surface area contributed by atoms with E-state index in [1.165, 1.54) is 25.3 Å². The van der Waals surface area contributed by atoms with Crippen LogP contribution < -0.4 is 5.32 Å². The molecule has 0 aromatic heterocycles. The van der Waals surface area contributed by atoms with E-state index in [1.807, 2.05) is 6.07 Å². The van der Waals surface area contributed by atoms with Crippen molar-refractivity contribution in [3.63, 3.8) is 0 Å². The number of halogens is 1. The van der Waals surface area contributed by atoms with E-state index in [-0.39, 0.29) is 5.82 Å². The molecule has 4 rings (SSSR count). The minimum Gasteiger partial charge on any atom is -0.309 e.